The summed E-state index contributed by atoms with van der Waals surface area (Å²) in [6.45, 7) is 3.25. The molecule has 0 saturated carbocycles. The first-order valence-corrected chi connectivity index (χ1v) is 9.82. The highest BCUT2D eigenvalue weighted by Crippen LogP contribution is 2.23. The van der Waals surface area contributed by atoms with Gasteiger partial charge in [-0.25, -0.2) is 13.2 Å². The fourth-order valence-electron chi connectivity index (χ4n) is 2.51. The van der Waals surface area contributed by atoms with Crippen molar-refractivity contribution < 1.29 is 22.4 Å². The van der Waals surface area contributed by atoms with E-state index in [4.69, 9.17) is 9.15 Å². The smallest absolute Gasteiger partial charge is 0.336 e. The van der Waals surface area contributed by atoms with Crippen LogP contribution >= 0.6 is 0 Å². The van der Waals surface area contributed by atoms with Gasteiger partial charge in [-0.15, -0.1) is 4.83 Å². The first kappa shape index (κ1) is 19.6. The number of aryl methyl sites for hydroxylation is 1. The minimum absolute atomic E-state index is 0.0174. The minimum Gasteiger partial charge on any atom is -0.481 e. The highest BCUT2D eigenvalue weighted by atomic mass is 32.2. The molecule has 0 aliphatic heterocycles. The number of nitrogens with one attached hydrogen (secondary N) is 2. The van der Waals surface area contributed by atoms with E-state index in [0.717, 1.165) is 10.9 Å². The Labute approximate surface area is 161 Å². The number of carbonyl (C=O) groups excluding carboxylic acids is 1. The molecule has 0 spiro atoms. The topological polar surface area (TPSA) is 115 Å². The molecule has 146 valence electrons. The second-order valence-electron chi connectivity index (χ2n) is 6.07. The lowest BCUT2D eigenvalue weighted by atomic mass is 10.1. The fourth-order valence-corrected chi connectivity index (χ4v) is 3.38. The van der Waals surface area contributed by atoms with E-state index in [1.165, 1.54) is 31.2 Å². The molecule has 2 N–H and O–H groups in total. The summed E-state index contributed by atoms with van der Waals surface area (Å²) in [4.78, 5) is 25.7. The van der Waals surface area contributed by atoms with Crippen molar-refractivity contribution in [3.63, 3.8) is 0 Å². The summed E-state index contributed by atoms with van der Waals surface area (Å²) in [5, 5.41) is 0.750. The van der Waals surface area contributed by atoms with Crippen LogP contribution in [0, 0.1) is 6.92 Å². The summed E-state index contributed by atoms with van der Waals surface area (Å²) < 4.78 is 34.9. The van der Waals surface area contributed by atoms with Crippen LogP contribution in [0.4, 0.5) is 0 Å². The number of hydrogen-bond acceptors (Lipinski definition) is 6. The Bertz CT molecular complexity index is 1170. The van der Waals surface area contributed by atoms with E-state index < -0.39 is 27.7 Å². The predicted octanol–water partition coefficient (Wildman–Crippen LogP) is 1.88. The maximum Gasteiger partial charge on any atom is 0.336 e. The predicted molar refractivity (Wildman–Crippen MR) is 102 cm³/mol. The lowest BCUT2D eigenvalue weighted by Gasteiger charge is -2.15. The lowest BCUT2D eigenvalue weighted by molar-refractivity contribution is -0.127. The quantitative estimate of drug-likeness (QED) is 0.481. The Morgan fingerprint density at radius 3 is 2.54 bits per heavy atom. The van der Waals surface area contributed by atoms with Gasteiger partial charge in [-0.05, 0) is 43.7 Å². The number of hydrogen-bond donors (Lipinski definition) is 2. The molecular formula is C19H18N2O6S. The van der Waals surface area contributed by atoms with E-state index in [2.05, 4.69) is 5.43 Å². The maximum atomic E-state index is 12.2. The van der Waals surface area contributed by atoms with Crippen LogP contribution in [0.25, 0.3) is 11.0 Å². The Hall–Kier alpha value is -3.17. The van der Waals surface area contributed by atoms with E-state index in [1.807, 2.05) is 4.83 Å². The Morgan fingerprint density at radius 1 is 1.11 bits per heavy atom. The van der Waals surface area contributed by atoms with E-state index in [0.29, 0.717) is 11.3 Å². The van der Waals surface area contributed by atoms with Crippen LogP contribution in [-0.2, 0) is 14.8 Å². The van der Waals surface area contributed by atoms with Crippen molar-refractivity contribution in [2.24, 2.45) is 0 Å². The summed E-state index contributed by atoms with van der Waals surface area (Å²) in [5.41, 5.74) is 2.73. The molecule has 1 atom stereocenters. The molecule has 0 fully saturated rings. The average molecular weight is 402 g/mol. The zero-order valence-corrected chi connectivity index (χ0v) is 15.9. The monoisotopic (exact) mass is 402 g/mol. The molecular weight excluding hydrogens is 384 g/mol. The summed E-state index contributed by atoms with van der Waals surface area (Å²) in [5.74, 6) is -0.389. The Morgan fingerprint density at radius 2 is 1.82 bits per heavy atom. The molecule has 0 aliphatic carbocycles. The highest BCUT2D eigenvalue weighted by Gasteiger charge is 2.19. The summed E-state index contributed by atoms with van der Waals surface area (Å²) in [6.07, 6.45) is -1.01. The van der Waals surface area contributed by atoms with Crippen molar-refractivity contribution in [3.8, 4) is 5.75 Å². The van der Waals surface area contributed by atoms with Crippen molar-refractivity contribution in [1.82, 2.24) is 10.3 Å². The lowest BCUT2D eigenvalue weighted by Crippen LogP contribution is -2.47. The van der Waals surface area contributed by atoms with Crippen molar-refractivity contribution in [2.45, 2.75) is 24.8 Å². The van der Waals surface area contributed by atoms with Gasteiger partial charge in [0.2, 0.25) is 0 Å². The van der Waals surface area contributed by atoms with E-state index in [1.54, 1.807) is 37.3 Å². The van der Waals surface area contributed by atoms with Gasteiger partial charge < -0.3 is 9.15 Å². The van der Waals surface area contributed by atoms with Gasteiger partial charge >= 0.3 is 5.63 Å². The molecule has 1 heterocycles. The highest BCUT2D eigenvalue weighted by molar-refractivity contribution is 7.89. The standard InChI is InChI=1S/C19H18N2O6S/c1-12-10-18(22)27-17-11-14(8-9-16(12)17)26-13(2)19(23)20-21-28(24,25)15-6-4-3-5-7-15/h3-11,13,21H,1-2H3,(H,20,23)/t13-/m1/s1. The molecule has 2 aromatic carbocycles. The molecule has 8 nitrogen and oxygen atoms in total. The van der Waals surface area contributed by atoms with Crippen LogP contribution in [0.3, 0.4) is 0 Å². The normalized spacial score (nSPS) is 12.5. The number of carbonyl (C=O) groups is 1. The number of amides is 1. The van der Waals surface area contributed by atoms with Gasteiger partial charge in [-0.3, -0.25) is 10.2 Å². The van der Waals surface area contributed by atoms with Gasteiger partial charge in [-0.2, -0.15) is 0 Å². The summed E-state index contributed by atoms with van der Waals surface area (Å²) in [7, 11) is -3.89. The molecule has 9 heteroatoms. The molecule has 0 aliphatic rings. The SMILES string of the molecule is Cc1cc(=O)oc2cc(O[C@H](C)C(=O)NNS(=O)(=O)c3ccccc3)ccc12. The van der Waals surface area contributed by atoms with E-state index >= 15 is 0 Å². The van der Waals surface area contributed by atoms with Gasteiger partial charge in [-0.1, -0.05) is 18.2 Å². The summed E-state index contributed by atoms with van der Waals surface area (Å²) in [6, 6.07) is 13.9. The third kappa shape index (κ3) is 4.38. The van der Waals surface area contributed by atoms with Crippen LogP contribution in [0.1, 0.15) is 12.5 Å². The second-order valence-corrected chi connectivity index (χ2v) is 7.76. The molecule has 28 heavy (non-hydrogen) atoms. The molecule has 0 unspecified atom stereocenters. The molecule has 3 aromatic rings. The van der Waals surface area contributed by atoms with Crippen LogP contribution in [0.15, 0.2) is 68.7 Å². The Kier molecular flexibility index (Phi) is 5.48. The van der Waals surface area contributed by atoms with Crippen molar-refractivity contribution >= 4 is 26.9 Å². The van der Waals surface area contributed by atoms with Crippen molar-refractivity contribution in [3.05, 3.63) is 70.6 Å². The molecule has 0 saturated heterocycles. The summed E-state index contributed by atoms with van der Waals surface area (Å²) >= 11 is 0. The molecule has 1 amide bonds. The van der Waals surface area contributed by atoms with Crippen molar-refractivity contribution in [2.75, 3.05) is 0 Å². The third-order valence-corrected chi connectivity index (χ3v) is 5.23. The van der Waals surface area contributed by atoms with Crippen LogP contribution in [0.2, 0.25) is 0 Å². The fraction of sp³-hybridized carbons (Fsp3) is 0.158. The zero-order chi connectivity index (χ0) is 20.3. The average Bonchev–Trinajstić information content (AvgIpc) is 2.66. The zero-order valence-electron chi connectivity index (χ0n) is 15.1. The van der Waals surface area contributed by atoms with E-state index in [-0.39, 0.29) is 4.90 Å². The maximum absolute atomic E-state index is 12.2. The minimum atomic E-state index is -3.89. The van der Waals surface area contributed by atoms with Crippen LogP contribution in [0.5, 0.6) is 5.75 Å². The van der Waals surface area contributed by atoms with Crippen LogP contribution in [-0.4, -0.2) is 20.4 Å². The van der Waals surface area contributed by atoms with Gasteiger partial charge in [0.05, 0.1) is 4.90 Å². The van der Waals surface area contributed by atoms with E-state index in [9.17, 15) is 18.0 Å². The second kappa shape index (κ2) is 7.83. The molecule has 0 bridgehead atoms. The number of benzene rings is 2. The van der Waals surface area contributed by atoms with Crippen LogP contribution < -0.4 is 20.6 Å². The largest absolute Gasteiger partial charge is 0.481 e. The molecule has 1 aromatic heterocycles. The van der Waals surface area contributed by atoms with Gasteiger partial charge in [0.25, 0.3) is 15.9 Å². The Balaban J connectivity index is 1.67. The molecule has 3 rings (SSSR count). The number of sulfonamides is 1. The number of fused-ring (bicyclic) bond motifs is 1. The van der Waals surface area contributed by atoms with Crippen molar-refractivity contribution in [1.29, 1.82) is 0 Å². The van der Waals surface area contributed by atoms with Gasteiger partial charge in [0.1, 0.15) is 11.3 Å². The first-order valence-electron chi connectivity index (χ1n) is 8.34. The number of ether oxygens (including phenoxy) is 1. The van der Waals surface area contributed by atoms with Gasteiger partial charge in [0.15, 0.2) is 6.10 Å². The first-order chi connectivity index (χ1) is 13.3. The number of rotatable bonds is 6. The molecule has 0 radical (unpaired) electrons. The van der Waals surface area contributed by atoms with Gasteiger partial charge in [0, 0.05) is 17.5 Å². The number of hydrazine groups is 1. The third-order valence-electron chi connectivity index (χ3n) is 3.97.